The van der Waals surface area contributed by atoms with Crippen molar-refractivity contribution in [2.24, 2.45) is 5.92 Å². The highest BCUT2D eigenvalue weighted by Gasteiger charge is 2.29. The second-order valence-electron chi connectivity index (χ2n) is 13.3. The average molecular weight is 638 g/mol. The molecule has 1 aliphatic carbocycles. The van der Waals surface area contributed by atoms with Crippen LogP contribution in [-0.2, 0) is 4.74 Å². The van der Waals surface area contributed by atoms with Crippen LogP contribution in [0.1, 0.15) is 75.3 Å². The van der Waals surface area contributed by atoms with Crippen molar-refractivity contribution in [1.82, 2.24) is 25.3 Å². The molecule has 3 heterocycles. The van der Waals surface area contributed by atoms with Gasteiger partial charge in [-0.3, -0.25) is 9.69 Å². The predicted octanol–water partition coefficient (Wildman–Crippen LogP) is 4.89. The van der Waals surface area contributed by atoms with Crippen LogP contribution in [0.3, 0.4) is 0 Å². The number of nitriles is 1. The predicted molar refractivity (Wildman–Crippen MR) is 172 cm³/mol. The number of piperazine rings is 1. The van der Waals surface area contributed by atoms with Gasteiger partial charge in [0.2, 0.25) is 0 Å². The van der Waals surface area contributed by atoms with Gasteiger partial charge in [-0.15, -0.1) is 10.2 Å². The van der Waals surface area contributed by atoms with Crippen LogP contribution in [0.2, 0.25) is 5.02 Å². The summed E-state index contributed by atoms with van der Waals surface area (Å²) in [6.07, 6.45) is 5.19. The van der Waals surface area contributed by atoms with E-state index in [1.54, 1.807) is 24.3 Å². The van der Waals surface area contributed by atoms with E-state index in [1.165, 1.54) is 0 Å². The fraction of sp³-hybridized carbons (Fsp3) is 0.606. The highest BCUT2D eigenvalue weighted by Crippen LogP contribution is 2.28. The van der Waals surface area contributed by atoms with Gasteiger partial charge >= 0.3 is 6.09 Å². The zero-order valence-electron chi connectivity index (χ0n) is 26.5. The van der Waals surface area contributed by atoms with Crippen LogP contribution in [0.4, 0.5) is 10.6 Å². The van der Waals surface area contributed by atoms with Gasteiger partial charge in [-0.05, 0) is 89.5 Å². The third-order valence-electron chi connectivity index (χ3n) is 8.74. The fourth-order valence-corrected chi connectivity index (χ4v) is 6.41. The number of ether oxygens (including phenoxy) is 2. The Morgan fingerprint density at radius 3 is 2.29 bits per heavy atom. The molecule has 3 aliphatic rings. The number of hydrogen-bond acceptors (Lipinski definition) is 9. The van der Waals surface area contributed by atoms with Crippen LogP contribution >= 0.6 is 11.6 Å². The minimum Gasteiger partial charge on any atom is -0.490 e. The van der Waals surface area contributed by atoms with Gasteiger partial charge in [-0.2, -0.15) is 5.26 Å². The maximum atomic E-state index is 12.9. The first-order valence-corrected chi connectivity index (χ1v) is 16.4. The van der Waals surface area contributed by atoms with E-state index in [0.29, 0.717) is 41.0 Å². The van der Waals surface area contributed by atoms with Crippen LogP contribution < -0.4 is 15.0 Å². The van der Waals surface area contributed by atoms with Crippen molar-refractivity contribution in [3.05, 3.63) is 46.6 Å². The molecule has 5 rings (SSSR count). The van der Waals surface area contributed by atoms with Crippen LogP contribution in [0.25, 0.3) is 0 Å². The number of benzene rings is 1. The van der Waals surface area contributed by atoms with Crippen molar-refractivity contribution in [1.29, 1.82) is 5.26 Å². The number of carbonyl (C=O) groups is 2. The quantitative estimate of drug-likeness (QED) is 0.452. The zero-order chi connectivity index (χ0) is 32.0. The largest absolute Gasteiger partial charge is 0.490 e. The van der Waals surface area contributed by atoms with E-state index in [1.807, 2.05) is 31.7 Å². The third kappa shape index (κ3) is 9.21. The molecule has 1 aromatic carbocycles. The highest BCUT2D eigenvalue weighted by molar-refractivity contribution is 6.31. The van der Waals surface area contributed by atoms with Gasteiger partial charge in [0.1, 0.15) is 17.4 Å². The summed E-state index contributed by atoms with van der Waals surface area (Å²) in [5.41, 5.74) is 0.280. The molecule has 2 amide bonds. The molecule has 0 atom stereocenters. The molecule has 2 saturated heterocycles. The lowest BCUT2D eigenvalue weighted by molar-refractivity contribution is 0.0130. The molecule has 0 unspecified atom stereocenters. The molecule has 45 heavy (non-hydrogen) atoms. The van der Waals surface area contributed by atoms with Crippen molar-refractivity contribution in [3.8, 4) is 11.8 Å². The number of aromatic nitrogens is 2. The Labute approximate surface area is 270 Å². The number of carbonyl (C=O) groups excluding carboxylic acids is 2. The maximum absolute atomic E-state index is 12.9. The Kier molecular flexibility index (Phi) is 10.7. The van der Waals surface area contributed by atoms with Gasteiger partial charge in [0.15, 0.2) is 11.5 Å². The van der Waals surface area contributed by atoms with Crippen LogP contribution in [0, 0.1) is 17.2 Å². The summed E-state index contributed by atoms with van der Waals surface area (Å²) in [5, 5.41) is 21.2. The van der Waals surface area contributed by atoms with Gasteiger partial charge in [-0.25, -0.2) is 4.79 Å². The number of nitrogens with one attached hydrogen (secondary N) is 1. The first-order chi connectivity index (χ1) is 21.6. The molecule has 0 bridgehead atoms. The molecule has 0 spiro atoms. The number of rotatable bonds is 7. The molecular formula is C33H44ClN7O4. The molecular weight excluding hydrogens is 594 g/mol. The van der Waals surface area contributed by atoms with Crippen LogP contribution in [-0.4, -0.2) is 95.6 Å². The zero-order valence-corrected chi connectivity index (χ0v) is 27.3. The van der Waals surface area contributed by atoms with Gasteiger partial charge in [0, 0.05) is 57.9 Å². The Bertz CT molecular complexity index is 1350. The summed E-state index contributed by atoms with van der Waals surface area (Å²) >= 11 is 6.12. The second kappa shape index (κ2) is 14.6. The van der Waals surface area contributed by atoms with Crippen LogP contribution in [0.15, 0.2) is 30.3 Å². The third-order valence-corrected chi connectivity index (χ3v) is 9.05. The van der Waals surface area contributed by atoms with E-state index < -0.39 is 5.60 Å². The van der Waals surface area contributed by atoms with Crippen molar-refractivity contribution in [3.63, 3.8) is 0 Å². The Balaban J connectivity index is 0.999. The number of hydrogen-bond donors (Lipinski definition) is 1. The van der Waals surface area contributed by atoms with E-state index in [9.17, 15) is 9.59 Å². The Morgan fingerprint density at radius 1 is 0.978 bits per heavy atom. The highest BCUT2D eigenvalue weighted by atomic mass is 35.5. The topological polar surface area (TPSA) is 124 Å². The van der Waals surface area contributed by atoms with Gasteiger partial charge in [0.05, 0.1) is 16.7 Å². The standard InChI is InChI=1S/C33H44ClN7O4/c1-33(2,3)45-32(43)41-18-16-39(17-19-41)22-23-12-14-40(15-13-23)30-11-10-29(37-38-30)31(42)36-25-5-8-26(9-6-25)44-27-7-4-24(21-35)28(34)20-27/h4,7,10-11,20,23,25-26H,5-6,8-9,12-19,22H2,1-3H3,(H,36,42). The molecule has 11 nitrogen and oxygen atoms in total. The van der Waals surface area contributed by atoms with Crippen molar-refractivity contribution >= 4 is 29.4 Å². The maximum Gasteiger partial charge on any atom is 0.410 e. The summed E-state index contributed by atoms with van der Waals surface area (Å²) < 4.78 is 11.6. The first kappa shape index (κ1) is 32.8. The van der Waals surface area contributed by atoms with E-state index in [2.05, 4.69) is 31.4 Å². The first-order valence-electron chi connectivity index (χ1n) is 16.0. The normalized spacial score (nSPS) is 21.6. The fourth-order valence-electron chi connectivity index (χ4n) is 6.20. The lowest BCUT2D eigenvalue weighted by Gasteiger charge is -2.39. The molecule has 2 aliphatic heterocycles. The lowest BCUT2D eigenvalue weighted by Crippen LogP contribution is -2.51. The minimum absolute atomic E-state index is 0.0414. The summed E-state index contributed by atoms with van der Waals surface area (Å²) in [4.78, 5) is 31.7. The molecule has 3 fully saturated rings. The van der Waals surface area contributed by atoms with Gasteiger partial charge in [-0.1, -0.05) is 11.6 Å². The minimum atomic E-state index is -0.471. The molecule has 242 valence electrons. The van der Waals surface area contributed by atoms with Crippen molar-refractivity contribution in [2.45, 2.75) is 77.0 Å². The van der Waals surface area contributed by atoms with Crippen molar-refractivity contribution < 1.29 is 19.1 Å². The average Bonchev–Trinajstić information content (AvgIpc) is 3.02. The van der Waals surface area contributed by atoms with E-state index >= 15 is 0 Å². The molecule has 12 heteroatoms. The van der Waals surface area contributed by atoms with Gasteiger partial charge < -0.3 is 24.6 Å². The lowest BCUT2D eigenvalue weighted by atomic mass is 9.93. The number of nitrogens with zero attached hydrogens (tertiary/aromatic N) is 6. The molecule has 1 saturated carbocycles. The Hall–Kier alpha value is -3.62. The number of piperidine rings is 1. The molecule has 2 aromatic rings. The Morgan fingerprint density at radius 2 is 1.69 bits per heavy atom. The summed E-state index contributed by atoms with van der Waals surface area (Å²) in [5.74, 6) is 1.86. The summed E-state index contributed by atoms with van der Waals surface area (Å²) in [7, 11) is 0. The molecule has 1 aromatic heterocycles. The summed E-state index contributed by atoms with van der Waals surface area (Å²) in [6.45, 7) is 11.7. The SMILES string of the molecule is CC(C)(C)OC(=O)N1CCN(CC2CCN(c3ccc(C(=O)NC4CCC(Oc5ccc(C#N)c(Cl)c5)CC4)nn3)CC2)CC1. The smallest absolute Gasteiger partial charge is 0.410 e. The van der Waals surface area contributed by atoms with E-state index in [-0.39, 0.29) is 24.1 Å². The van der Waals surface area contributed by atoms with E-state index in [0.717, 1.165) is 77.1 Å². The van der Waals surface area contributed by atoms with E-state index in [4.69, 9.17) is 26.3 Å². The summed E-state index contributed by atoms with van der Waals surface area (Å²) in [6, 6.07) is 10.9. The van der Waals surface area contributed by atoms with Crippen molar-refractivity contribution in [2.75, 3.05) is 50.7 Å². The number of halogens is 1. The second-order valence-corrected chi connectivity index (χ2v) is 13.7. The molecule has 0 radical (unpaired) electrons. The van der Waals surface area contributed by atoms with Gasteiger partial charge in [0.25, 0.3) is 5.91 Å². The number of amides is 2. The van der Waals surface area contributed by atoms with Crippen LogP contribution in [0.5, 0.6) is 5.75 Å². The molecule has 1 N–H and O–H groups in total. The number of anilines is 1. The monoisotopic (exact) mass is 637 g/mol.